The van der Waals surface area contributed by atoms with Crippen LogP contribution in [-0.2, 0) is 18.1 Å². The lowest BCUT2D eigenvalue weighted by Gasteiger charge is -2.55. The third-order valence-corrected chi connectivity index (χ3v) is 3.51. The summed E-state index contributed by atoms with van der Waals surface area (Å²) >= 11 is 0. The van der Waals surface area contributed by atoms with Crippen molar-refractivity contribution in [3.8, 4) is 0 Å². The second kappa shape index (κ2) is 2.97. The Morgan fingerprint density at radius 3 is 2.29 bits per heavy atom. The monoisotopic (exact) mass is 222 g/mol. The first-order valence-electron chi connectivity index (χ1n) is 4.35. The summed E-state index contributed by atoms with van der Waals surface area (Å²) < 4.78 is 25.2. The van der Waals surface area contributed by atoms with E-state index in [-0.39, 0.29) is 5.57 Å². The van der Waals surface area contributed by atoms with Crippen molar-refractivity contribution >= 4 is 7.82 Å². The van der Waals surface area contributed by atoms with Gasteiger partial charge in [-0.15, -0.1) is 0 Å². The molecule has 3 heterocycles. The zero-order valence-corrected chi connectivity index (χ0v) is 8.49. The minimum Gasteiger partial charge on any atom is -0.481 e. The van der Waals surface area contributed by atoms with Gasteiger partial charge in [-0.25, -0.2) is 18.1 Å². The Hall–Kier alpha value is -0.550. The third-order valence-electron chi connectivity index (χ3n) is 2.12. The molecule has 0 aromatic carbocycles. The highest BCUT2D eigenvalue weighted by Crippen LogP contribution is 2.82. The Morgan fingerprint density at radius 2 is 1.93 bits per heavy atom. The largest absolute Gasteiger partial charge is 0.488 e. The Labute approximate surface area is 80.7 Å². The highest BCUT2D eigenvalue weighted by Gasteiger charge is 2.77. The van der Waals surface area contributed by atoms with Crippen LogP contribution in [0.3, 0.4) is 0 Å². The Kier molecular flexibility index (Phi) is 2.12. The van der Waals surface area contributed by atoms with Gasteiger partial charge in [0.15, 0.2) is 0 Å². The molecule has 7 heteroatoms. The molecule has 2 bridgehead atoms. The van der Waals surface area contributed by atoms with Gasteiger partial charge in [0, 0.05) is 0 Å². The molecule has 3 fully saturated rings. The number of phosphoric ester groups is 1. The molecule has 0 spiro atoms. The molecule has 3 rings (SSSR count). The number of hydrogen-bond acceptors (Lipinski definition) is 6. The van der Waals surface area contributed by atoms with Crippen molar-refractivity contribution in [3.63, 3.8) is 0 Å². The lowest BCUT2D eigenvalue weighted by molar-refractivity contribution is -0.407. The van der Waals surface area contributed by atoms with Crippen LogP contribution in [-0.4, -0.2) is 16.2 Å². The molecule has 0 saturated carbocycles. The zero-order chi connectivity index (χ0) is 10.4. The Balaban J connectivity index is 2.07. The first kappa shape index (κ1) is 9.98. The van der Waals surface area contributed by atoms with Gasteiger partial charge < -0.3 is 10.2 Å². The number of aliphatic hydroxyl groups excluding tert-OH is 1. The highest BCUT2D eigenvalue weighted by molar-refractivity contribution is 7.51. The van der Waals surface area contributed by atoms with E-state index < -0.39 is 19.7 Å². The van der Waals surface area contributed by atoms with Gasteiger partial charge >= 0.3 is 13.8 Å². The highest BCUT2D eigenvalue weighted by atomic mass is 31.2. The molecule has 0 aliphatic carbocycles. The van der Waals surface area contributed by atoms with Gasteiger partial charge in [-0.2, -0.15) is 0 Å². The first-order chi connectivity index (χ1) is 6.51. The van der Waals surface area contributed by atoms with Crippen molar-refractivity contribution in [2.75, 3.05) is 0 Å². The average molecular weight is 222 g/mol. The minimum absolute atomic E-state index is 0.0945. The molecule has 0 amide bonds. The summed E-state index contributed by atoms with van der Waals surface area (Å²) in [5.74, 6) is -2.45. The molecule has 2 N–H and O–H groups in total. The van der Waals surface area contributed by atoms with E-state index in [1.54, 1.807) is 0 Å². The SMILES string of the molecule is CCCCC(=C(O)O)C12OP(=O)(O1)O2. The van der Waals surface area contributed by atoms with Crippen LogP contribution < -0.4 is 0 Å². The van der Waals surface area contributed by atoms with Gasteiger partial charge in [0.2, 0.25) is 0 Å². The fourth-order valence-corrected chi connectivity index (χ4v) is 2.64. The maximum atomic E-state index is 10.9. The normalized spacial score (nSPS) is 38.4. The second-order valence-corrected chi connectivity index (χ2v) is 4.63. The molecule has 3 aliphatic rings. The van der Waals surface area contributed by atoms with E-state index in [0.29, 0.717) is 6.42 Å². The van der Waals surface area contributed by atoms with Crippen molar-refractivity contribution in [2.45, 2.75) is 32.2 Å². The van der Waals surface area contributed by atoms with Crippen molar-refractivity contribution in [2.24, 2.45) is 0 Å². The summed E-state index contributed by atoms with van der Waals surface area (Å²) in [6.45, 7) is 1.96. The number of unbranched alkanes of at least 4 members (excludes halogenated alkanes) is 1. The van der Waals surface area contributed by atoms with Gasteiger partial charge in [-0.3, -0.25) is 0 Å². The van der Waals surface area contributed by atoms with Crippen molar-refractivity contribution in [1.82, 2.24) is 0 Å². The van der Waals surface area contributed by atoms with Gasteiger partial charge in [-0.1, -0.05) is 13.3 Å². The minimum atomic E-state index is -3.27. The van der Waals surface area contributed by atoms with E-state index in [1.807, 2.05) is 6.92 Å². The van der Waals surface area contributed by atoms with Crippen molar-refractivity contribution < 1.29 is 28.3 Å². The van der Waals surface area contributed by atoms with Crippen LogP contribution >= 0.6 is 7.82 Å². The number of aliphatic hydroxyl groups is 2. The van der Waals surface area contributed by atoms with Crippen LogP contribution in [0.25, 0.3) is 0 Å². The van der Waals surface area contributed by atoms with E-state index in [4.69, 9.17) is 23.8 Å². The van der Waals surface area contributed by atoms with E-state index in [1.165, 1.54) is 0 Å². The molecule has 80 valence electrons. The van der Waals surface area contributed by atoms with Crippen molar-refractivity contribution in [3.05, 3.63) is 11.5 Å². The summed E-state index contributed by atoms with van der Waals surface area (Å²) in [5, 5.41) is 17.9. The zero-order valence-electron chi connectivity index (χ0n) is 7.60. The fraction of sp³-hybridized carbons (Fsp3) is 0.714. The molecule has 0 aromatic rings. The van der Waals surface area contributed by atoms with E-state index >= 15 is 0 Å². The van der Waals surface area contributed by atoms with E-state index in [9.17, 15) is 4.57 Å². The van der Waals surface area contributed by atoms with Gasteiger partial charge in [0.25, 0.3) is 5.95 Å². The number of phosphoric acid groups is 1. The fourth-order valence-electron chi connectivity index (χ4n) is 1.38. The van der Waals surface area contributed by atoms with Crippen LogP contribution in [0.15, 0.2) is 11.5 Å². The average Bonchev–Trinajstić information content (AvgIpc) is 1.99. The van der Waals surface area contributed by atoms with Crippen LogP contribution in [0, 0.1) is 0 Å². The summed E-state index contributed by atoms with van der Waals surface area (Å²) in [6.07, 6.45) is 1.99. The first-order valence-corrected chi connectivity index (χ1v) is 5.81. The molecule has 3 saturated heterocycles. The smallest absolute Gasteiger partial charge is 0.481 e. The van der Waals surface area contributed by atoms with Gasteiger partial charge in [-0.05, 0) is 12.8 Å². The Bertz CT molecular complexity index is 305. The lowest BCUT2D eigenvalue weighted by atomic mass is 10.1. The molecule has 0 unspecified atom stereocenters. The third kappa shape index (κ3) is 1.26. The van der Waals surface area contributed by atoms with E-state index in [2.05, 4.69) is 0 Å². The molecule has 6 nitrogen and oxygen atoms in total. The molecular formula is C7H11O6P. The predicted octanol–water partition coefficient (Wildman–Crippen LogP) is 2.34. The topological polar surface area (TPSA) is 85.2 Å². The Morgan fingerprint density at radius 1 is 1.36 bits per heavy atom. The second-order valence-electron chi connectivity index (χ2n) is 3.18. The molecule has 0 aromatic heterocycles. The lowest BCUT2D eigenvalue weighted by Crippen LogP contribution is -2.58. The van der Waals surface area contributed by atoms with Crippen LogP contribution in [0.1, 0.15) is 26.2 Å². The molecule has 0 radical (unpaired) electrons. The summed E-state index contributed by atoms with van der Waals surface area (Å²) in [6, 6.07) is 0. The molecule has 0 atom stereocenters. The van der Waals surface area contributed by atoms with Crippen LogP contribution in [0.2, 0.25) is 0 Å². The standard InChI is InChI=1S/C7H11O6P/c1-2-3-4-5(6(8)9)7-11-14(10,12-7)13-7/h8-9H,2-4H2,1H3. The van der Waals surface area contributed by atoms with Gasteiger partial charge in [0.1, 0.15) is 0 Å². The molecule has 14 heavy (non-hydrogen) atoms. The maximum Gasteiger partial charge on any atom is 0.488 e. The molecular weight excluding hydrogens is 211 g/mol. The van der Waals surface area contributed by atoms with Crippen LogP contribution in [0.4, 0.5) is 0 Å². The van der Waals surface area contributed by atoms with Gasteiger partial charge in [0.05, 0.1) is 5.57 Å². The predicted molar refractivity (Wildman–Crippen MR) is 45.4 cm³/mol. The number of hydrogen-bond donors (Lipinski definition) is 2. The van der Waals surface area contributed by atoms with Crippen LogP contribution in [0.5, 0.6) is 0 Å². The number of rotatable bonds is 4. The summed E-state index contributed by atoms with van der Waals surface area (Å²) in [5.41, 5.74) is 0.0945. The summed E-state index contributed by atoms with van der Waals surface area (Å²) in [7, 11) is -3.27. The summed E-state index contributed by atoms with van der Waals surface area (Å²) in [4.78, 5) is 0. The maximum absolute atomic E-state index is 10.9. The van der Waals surface area contributed by atoms with E-state index in [0.717, 1.165) is 12.8 Å². The molecule has 3 aliphatic heterocycles. The van der Waals surface area contributed by atoms with Crippen molar-refractivity contribution in [1.29, 1.82) is 0 Å². The quantitative estimate of drug-likeness (QED) is 0.560.